The molecule has 2 aliphatic heterocycles. The maximum atomic E-state index is 5.92. The Morgan fingerprint density at radius 2 is 2.40 bits per heavy atom. The molecule has 0 saturated carbocycles. The van der Waals surface area contributed by atoms with Crippen molar-refractivity contribution in [1.29, 1.82) is 0 Å². The fraction of sp³-hybridized carbons (Fsp3) is 0.667. The van der Waals surface area contributed by atoms with E-state index in [2.05, 4.69) is 25.4 Å². The van der Waals surface area contributed by atoms with Crippen LogP contribution in [0.15, 0.2) is 6.20 Å². The summed E-state index contributed by atoms with van der Waals surface area (Å²) in [5.74, 6) is 0. The van der Waals surface area contributed by atoms with Gasteiger partial charge in [-0.1, -0.05) is 5.21 Å². The highest BCUT2D eigenvalue weighted by molar-refractivity contribution is 7.11. The first-order chi connectivity index (χ1) is 9.79. The Morgan fingerprint density at radius 1 is 1.45 bits per heavy atom. The van der Waals surface area contributed by atoms with Crippen LogP contribution in [0.5, 0.6) is 0 Å². The fourth-order valence-corrected chi connectivity index (χ4v) is 3.73. The number of ether oxygens (including phenoxy) is 1. The molecule has 0 N–H and O–H groups in total. The minimum absolute atomic E-state index is 0.261. The lowest BCUT2D eigenvalue weighted by Gasteiger charge is -2.40. The molecule has 0 unspecified atom stereocenters. The lowest BCUT2D eigenvalue weighted by atomic mass is 10.0. The summed E-state index contributed by atoms with van der Waals surface area (Å²) in [7, 11) is 0. The van der Waals surface area contributed by atoms with Crippen LogP contribution >= 0.6 is 11.3 Å². The molecule has 2 aliphatic rings. The first-order valence-corrected chi connectivity index (χ1v) is 7.63. The van der Waals surface area contributed by atoms with Gasteiger partial charge in [0.1, 0.15) is 10.0 Å². The SMILES string of the molecule is Cc1nnc(CN2CC[C@H]3OCc4cnnn4[C@H]3C2)s1. The Morgan fingerprint density at radius 3 is 3.25 bits per heavy atom. The molecule has 0 aromatic carbocycles. The summed E-state index contributed by atoms with van der Waals surface area (Å²) < 4.78 is 7.95. The number of rotatable bonds is 2. The Bertz CT molecular complexity index is 611. The van der Waals surface area contributed by atoms with Crippen molar-refractivity contribution in [3.63, 3.8) is 0 Å². The van der Waals surface area contributed by atoms with Crippen molar-refractivity contribution in [1.82, 2.24) is 30.1 Å². The minimum Gasteiger partial charge on any atom is -0.370 e. The zero-order valence-corrected chi connectivity index (χ0v) is 12.1. The topological polar surface area (TPSA) is 69.0 Å². The molecule has 2 aromatic heterocycles. The highest BCUT2D eigenvalue weighted by Gasteiger charge is 2.36. The fourth-order valence-electron chi connectivity index (χ4n) is 2.98. The quantitative estimate of drug-likeness (QED) is 0.815. The summed E-state index contributed by atoms with van der Waals surface area (Å²) in [5, 5.41) is 18.6. The predicted molar refractivity (Wildman–Crippen MR) is 72.2 cm³/mol. The van der Waals surface area contributed by atoms with Gasteiger partial charge in [0.15, 0.2) is 0 Å². The van der Waals surface area contributed by atoms with Crippen LogP contribution in [0.3, 0.4) is 0 Å². The number of hydrogen-bond donors (Lipinski definition) is 0. The van der Waals surface area contributed by atoms with Gasteiger partial charge in [-0.15, -0.1) is 26.6 Å². The molecule has 8 heteroatoms. The van der Waals surface area contributed by atoms with E-state index in [1.54, 1.807) is 17.5 Å². The second kappa shape index (κ2) is 4.87. The third kappa shape index (κ3) is 2.13. The molecule has 4 rings (SSSR count). The Labute approximate surface area is 120 Å². The van der Waals surface area contributed by atoms with E-state index in [9.17, 15) is 0 Å². The summed E-state index contributed by atoms with van der Waals surface area (Å²) in [6.07, 6.45) is 3.09. The van der Waals surface area contributed by atoms with E-state index in [1.165, 1.54) is 0 Å². The normalized spacial score (nSPS) is 26.2. The monoisotopic (exact) mass is 292 g/mol. The van der Waals surface area contributed by atoms with Crippen LogP contribution in [0.4, 0.5) is 0 Å². The van der Waals surface area contributed by atoms with E-state index in [0.717, 1.165) is 41.8 Å². The lowest BCUT2D eigenvalue weighted by molar-refractivity contribution is -0.0670. The summed E-state index contributed by atoms with van der Waals surface area (Å²) in [6, 6.07) is 0.268. The molecule has 20 heavy (non-hydrogen) atoms. The molecule has 1 saturated heterocycles. The van der Waals surface area contributed by atoms with E-state index >= 15 is 0 Å². The van der Waals surface area contributed by atoms with Gasteiger partial charge in [0.2, 0.25) is 0 Å². The van der Waals surface area contributed by atoms with Crippen molar-refractivity contribution in [3.8, 4) is 0 Å². The summed E-state index contributed by atoms with van der Waals surface area (Å²) in [6.45, 7) is 5.44. The number of aromatic nitrogens is 5. The maximum Gasteiger partial charge on any atom is 0.131 e. The molecule has 0 radical (unpaired) electrons. The maximum absolute atomic E-state index is 5.92. The van der Waals surface area contributed by atoms with Gasteiger partial charge in [0.25, 0.3) is 0 Å². The van der Waals surface area contributed by atoms with Crippen LogP contribution in [-0.4, -0.2) is 49.3 Å². The van der Waals surface area contributed by atoms with Crippen molar-refractivity contribution in [2.45, 2.75) is 38.6 Å². The highest BCUT2D eigenvalue weighted by Crippen LogP contribution is 2.30. The van der Waals surface area contributed by atoms with Crippen LogP contribution < -0.4 is 0 Å². The van der Waals surface area contributed by atoms with E-state index in [-0.39, 0.29) is 12.1 Å². The first kappa shape index (κ1) is 12.4. The van der Waals surface area contributed by atoms with Gasteiger partial charge in [-0.3, -0.25) is 4.90 Å². The number of fused-ring (bicyclic) bond motifs is 3. The molecule has 0 aliphatic carbocycles. The number of nitrogens with zero attached hydrogens (tertiary/aromatic N) is 6. The van der Waals surface area contributed by atoms with Gasteiger partial charge in [0, 0.05) is 13.1 Å². The van der Waals surface area contributed by atoms with Crippen molar-refractivity contribution in [2.75, 3.05) is 13.1 Å². The van der Waals surface area contributed by atoms with Gasteiger partial charge in [-0.25, -0.2) is 4.68 Å². The second-order valence-corrected chi connectivity index (χ2v) is 6.59. The molecule has 2 aromatic rings. The molecule has 106 valence electrons. The molecule has 2 atom stereocenters. The minimum atomic E-state index is 0.261. The number of aryl methyl sites for hydroxylation is 1. The second-order valence-electron chi connectivity index (χ2n) is 5.33. The Balaban J connectivity index is 1.51. The molecular weight excluding hydrogens is 276 g/mol. The van der Waals surface area contributed by atoms with E-state index in [1.807, 2.05) is 11.6 Å². The highest BCUT2D eigenvalue weighted by atomic mass is 32.1. The van der Waals surface area contributed by atoms with Crippen LogP contribution in [0, 0.1) is 6.92 Å². The van der Waals surface area contributed by atoms with E-state index in [0.29, 0.717) is 6.61 Å². The van der Waals surface area contributed by atoms with Crippen LogP contribution in [0.1, 0.15) is 28.2 Å². The van der Waals surface area contributed by atoms with Gasteiger partial charge >= 0.3 is 0 Å². The molecule has 0 amide bonds. The third-order valence-electron chi connectivity index (χ3n) is 3.94. The average molecular weight is 292 g/mol. The van der Waals surface area contributed by atoms with Crippen LogP contribution in [0.2, 0.25) is 0 Å². The van der Waals surface area contributed by atoms with Crippen molar-refractivity contribution in [2.24, 2.45) is 0 Å². The molecule has 4 heterocycles. The van der Waals surface area contributed by atoms with Crippen molar-refractivity contribution >= 4 is 11.3 Å². The molecule has 0 spiro atoms. The summed E-state index contributed by atoms with van der Waals surface area (Å²) in [4.78, 5) is 2.40. The lowest BCUT2D eigenvalue weighted by Crippen LogP contribution is -2.47. The van der Waals surface area contributed by atoms with Crippen molar-refractivity contribution in [3.05, 3.63) is 21.9 Å². The van der Waals surface area contributed by atoms with E-state index in [4.69, 9.17) is 4.74 Å². The average Bonchev–Trinajstić information content (AvgIpc) is 3.07. The van der Waals surface area contributed by atoms with Gasteiger partial charge < -0.3 is 4.74 Å². The first-order valence-electron chi connectivity index (χ1n) is 6.81. The zero-order valence-electron chi connectivity index (χ0n) is 11.3. The number of likely N-dealkylation sites (tertiary alicyclic amines) is 1. The molecule has 1 fully saturated rings. The molecule has 0 bridgehead atoms. The smallest absolute Gasteiger partial charge is 0.131 e. The van der Waals surface area contributed by atoms with Gasteiger partial charge in [-0.05, 0) is 13.3 Å². The molecular formula is C12H16N6OS. The third-order valence-corrected chi connectivity index (χ3v) is 4.76. The van der Waals surface area contributed by atoms with E-state index < -0.39 is 0 Å². The largest absolute Gasteiger partial charge is 0.370 e. The summed E-state index contributed by atoms with van der Waals surface area (Å²) in [5.41, 5.74) is 1.07. The van der Waals surface area contributed by atoms with Gasteiger partial charge in [-0.2, -0.15) is 0 Å². The standard InChI is InChI=1S/C12H16N6OS/c1-8-14-15-12(20-8)6-17-3-2-11-10(5-17)18-9(7-19-11)4-13-16-18/h4,10-11H,2-3,5-7H2,1H3/t10-,11+/m0/s1. The van der Waals surface area contributed by atoms with Gasteiger partial charge in [0.05, 0.1) is 37.2 Å². The summed E-state index contributed by atoms with van der Waals surface area (Å²) >= 11 is 1.67. The Hall–Kier alpha value is -1.38. The Kier molecular flexibility index (Phi) is 3.01. The zero-order chi connectivity index (χ0) is 13.5. The van der Waals surface area contributed by atoms with Crippen LogP contribution in [0.25, 0.3) is 0 Å². The van der Waals surface area contributed by atoms with Crippen LogP contribution in [-0.2, 0) is 17.9 Å². The molecule has 7 nitrogen and oxygen atoms in total. The predicted octanol–water partition coefficient (Wildman–Crippen LogP) is 0.784. The number of hydrogen-bond acceptors (Lipinski definition) is 7. The van der Waals surface area contributed by atoms with Crippen molar-refractivity contribution < 1.29 is 4.74 Å². The number of piperidine rings is 1.